The van der Waals surface area contributed by atoms with E-state index >= 15 is 0 Å². The highest BCUT2D eigenvalue weighted by Crippen LogP contribution is 2.30. The Morgan fingerprint density at radius 3 is 2.39 bits per heavy atom. The molecule has 1 saturated heterocycles. The third kappa shape index (κ3) is 6.45. The minimum Gasteiger partial charge on any atom is -0.371 e. The Balaban J connectivity index is 1.74. The summed E-state index contributed by atoms with van der Waals surface area (Å²) in [5, 5.41) is 6.17. The van der Waals surface area contributed by atoms with Gasteiger partial charge in [0.05, 0.1) is 5.56 Å². The minimum absolute atomic E-state index is 0.0576. The van der Waals surface area contributed by atoms with Crippen LogP contribution in [-0.2, 0) is 4.79 Å². The number of likely N-dealkylation sites (N-methyl/N-ethyl adjacent to an activating group) is 1. The molecule has 2 fully saturated rings. The topological polar surface area (TPSA) is 64.7 Å². The van der Waals surface area contributed by atoms with Crippen LogP contribution in [0, 0.1) is 11.8 Å². The lowest BCUT2D eigenvalue weighted by atomic mass is 9.97. The molecule has 1 aliphatic carbocycles. The standard InChI is InChI=1S/C25H40N4O2/c1-4-28(5-2)17-14-26-25(31)22-18-21(27-24(30)20-8-6-7-9-20)10-11-23(22)29-15-12-19(3)13-16-29/h10-11,18-20H,4-9,12-17H2,1-3H3,(H,26,31)(H,27,30). The van der Waals surface area contributed by atoms with Crippen molar-refractivity contribution >= 4 is 23.2 Å². The Kier molecular flexibility index (Phi) is 8.76. The van der Waals surface area contributed by atoms with E-state index in [4.69, 9.17) is 0 Å². The fourth-order valence-electron chi connectivity index (χ4n) is 4.72. The SMILES string of the molecule is CCN(CC)CCNC(=O)c1cc(NC(=O)C2CCCC2)ccc1N1CCC(C)CC1. The largest absolute Gasteiger partial charge is 0.371 e. The highest BCUT2D eigenvalue weighted by atomic mass is 16.2. The second-order valence-electron chi connectivity index (χ2n) is 9.15. The van der Waals surface area contributed by atoms with E-state index in [1.807, 2.05) is 18.2 Å². The van der Waals surface area contributed by atoms with Crippen LogP contribution in [0.3, 0.4) is 0 Å². The number of nitrogens with zero attached hydrogens (tertiary/aromatic N) is 2. The summed E-state index contributed by atoms with van der Waals surface area (Å²) >= 11 is 0. The maximum atomic E-state index is 13.2. The molecule has 1 aromatic carbocycles. The van der Waals surface area contributed by atoms with Crippen molar-refractivity contribution in [1.29, 1.82) is 0 Å². The van der Waals surface area contributed by atoms with E-state index in [9.17, 15) is 9.59 Å². The van der Waals surface area contributed by atoms with E-state index in [1.54, 1.807) is 0 Å². The molecule has 1 heterocycles. The maximum Gasteiger partial charge on any atom is 0.253 e. The molecule has 2 aliphatic rings. The van der Waals surface area contributed by atoms with Crippen LogP contribution in [0.4, 0.5) is 11.4 Å². The molecule has 0 spiro atoms. The zero-order chi connectivity index (χ0) is 22.2. The predicted molar refractivity (Wildman–Crippen MR) is 128 cm³/mol. The monoisotopic (exact) mass is 428 g/mol. The van der Waals surface area contributed by atoms with Crippen LogP contribution in [0.2, 0.25) is 0 Å². The number of hydrogen-bond acceptors (Lipinski definition) is 4. The molecule has 172 valence electrons. The Hall–Kier alpha value is -2.08. The average molecular weight is 429 g/mol. The first kappa shape index (κ1) is 23.6. The summed E-state index contributed by atoms with van der Waals surface area (Å²) in [7, 11) is 0. The van der Waals surface area contributed by atoms with Gasteiger partial charge in [-0.1, -0.05) is 33.6 Å². The van der Waals surface area contributed by atoms with E-state index in [0.717, 1.165) is 88.5 Å². The average Bonchev–Trinajstić information content (AvgIpc) is 3.32. The van der Waals surface area contributed by atoms with E-state index < -0.39 is 0 Å². The number of anilines is 2. The molecule has 0 unspecified atom stereocenters. The molecule has 2 amide bonds. The third-order valence-electron chi connectivity index (χ3n) is 6.97. The number of rotatable bonds is 9. The van der Waals surface area contributed by atoms with Crippen LogP contribution in [0.15, 0.2) is 18.2 Å². The van der Waals surface area contributed by atoms with Crippen molar-refractivity contribution in [2.75, 3.05) is 49.5 Å². The fraction of sp³-hybridized carbons (Fsp3) is 0.680. The predicted octanol–water partition coefficient (Wildman–Crippen LogP) is 4.12. The molecule has 6 heteroatoms. The Morgan fingerprint density at radius 1 is 1.06 bits per heavy atom. The highest BCUT2D eigenvalue weighted by molar-refractivity contribution is 6.02. The Labute approximate surface area is 187 Å². The summed E-state index contributed by atoms with van der Waals surface area (Å²) in [6.07, 6.45) is 6.48. The molecular weight excluding hydrogens is 388 g/mol. The zero-order valence-electron chi connectivity index (χ0n) is 19.6. The number of carbonyl (C=O) groups is 2. The molecule has 1 aromatic rings. The first-order valence-corrected chi connectivity index (χ1v) is 12.2. The summed E-state index contributed by atoms with van der Waals surface area (Å²) in [5.41, 5.74) is 2.37. The summed E-state index contributed by atoms with van der Waals surface area (Å²) in [6, 6.07) is 5.83. The number of carbonyl (C=O) groups excluding carboxylic acids is 2. The molecule has 0 aromatic heterocycles. The zero-order valence-corrected chi connectivity index (χ0v) is 19.6. The van der Waals surface area contributed by atoms with Gasteiger partial charge in [0.15, 0.2) is 0 Å². The quantitative estimate of drug-likeness (QED) is 0.621. The highest BCUT2D eigenvalue weighted by Gasteiger charge is 2.25. The molecule has 1 saturated carbocycles. The van der Waals surface area contributed by atoms with Crippen molar-refractivity contribution in [2.45, 2.75) is 59.3 Å². The molecule has 2 N–H and O–H groups in total. The van der Waals surface area contributed by atoms with E-state index in [1.165, 1.54) is 0 Å². The fourth-order valence-corrected chi connectivity index (χ4v) is 4.72. The molecule has 0 radical (unpaired) electrons. The van der Waals surface area contributed by atoms with Gasteiger partial charge in [0.25, 0.3) is 5.91 Å². The second kappa shape index (κ2) is 11.5. The van der Waals surface area contributed by atoms with E-state index in [-0.39, 0.29) is 17.7 Å². The van der Waals surface area contributed by atoms with Gasteiger partial charge in [-0.2, -0.15) is 0 Å². The molecule has 0 bridgehead atoms. The van der Waals surface area contributed by atoms with Crippen LogP contribution >= 0.6 is 0 Å². The summed E-state index contributed by atoms with van der Waals surface area (Å²) in [6.45, 7) is 11.9. The lowest BCUT2D eigenvalue weighted by Gasteiger charge is -2.33. The first-order valence-electron chi connectivity index (χ1n) is 12.2. The summed E-state index contributed by atoms with van der Waals surface area (Å²) < 4.78 is 0. The lowest BCUT2D eigenvalue weighted by Crippen LogP contribution is -2.37. The molecule has 1 aliphatic heterocycles. The van der Waals surface area contributed by atoms with Crippen molar-refractivity contribution in [3.8, 4) is 0 Å². The van der Waals surface area contributed by atoms with Crippen molar-refractivity contribution in [1.82, 2.24) is 10.2 Å². The number of amides is 2. The summed E-state index contributed by atoms with van der Waals surface area (Å²) in [4.78, 5) is 30.4. The maximum absolute atomic E-state index is 13.2. The van der Waals surface area contributed by atoms with Gasteiger partial charge in [0.1, 0.15) is 0 Å². The van der Waals surface area contributed by atoms with Gasteiger partial charge in [-0.3, -0.25) is 9.59 Å². The van der Waals surface area contributed by atoms with Gasteiger partial charge >= 0.3 is 0 Å². The van der Waals surface area contributed by atoms with E-state index in [2.05, 4.69) is 41.2 Å². The van der Waals surface area contributed by atoms with Gasteiger partial charge in [0.2, 0.25) is 5.91 Å². The number of hydrogen-bond donors (Lipinski definition) is 2. The van der Waals surface area contributed by atoms with Gasteiger partial charge in [0, 0.05) is 43.5 Å². The van der Waals surface area contributed by atoms with Crippen LogP contribution < -0.4 is 15.5 Å². The Morgan fingerprint density at radius 2 is 1.74 bits per heavy atom. The normalized spacial score (nSPS) is 17.9. The van der Waals surface area contributed by atoms with Gasteiger partial charge in [-0.15, -0.1) is 0 Å². The van der Waals surface area contributed by atoms with E-state index in [0.29, 0.717) is 12.1 Å². The van der Waals surface area contributed by atoms with Gasteiger partial charge in [-0.25, -0.2) is 0 Å². The molecular formula is C25H40N4O2. The van der Waals surface area contributed by atoms with Crippen LogP contribution in [0.1, 0.15) is 69.7 Å². The third-order valence-corrected chi connectivity index (χ3v) is 6.97. The number of piperidine rings is 1. The first-order chi connectivity index (χ1) is 15.0. The number of benzene rings is 1. The Bertz CT molecular complexity index is 733. The van der Waals surface area contributed by atoms with Crippen LogP contribution in [0.25, 0.3) is 0 Å². The van der Waals surface area contributed by atoms with Gasteiger partial charge in [-0.05, 0) is 62.9 Å². The van der Waals surface area contributed by atoms with Gasteiger partial charge < -0.3 is 20.4 Å². The summed E-state index contributed by atoms with van der Waals surface area (Å²) in [5.74, 6) is 0.866. The van der Waals surface area contributed by atoms with Crippen molar-refractivity contribution in [3.63, 3.8) is 0 Å². The van der Waals surface area contributed by atoms with Crippen molar-refractivity contribution in [3.05, 3.63) is 23.8 Å². The minimum atomic E-state index is -0.0576. The smallest absolute Gasteiger partial charge is 0.253 e. The lowest BCUT2D eigenvalue weighted by molar-refractivity contribution is -0.119. The van der Waals surface area contributed by atoms with Crippen molar-refractivity contribution in [2.24, 2.45) is 11.8 Å². The molecule has 31 heavy (non-hydrogen) atoms. The van der Waals surface area contributed by atoms with Crippen LogP contribution in [-0.4, -0.2) is 56.0 Å². The molecule has 6 nitrogen and oxygen atoms in total. The molecule has 3 rings (SSSR count). The number of nitrogens with one attached hydrogen (secondary N) is 2. The van der Waals surface area contributed by atoms with Crippen LogP contribution in [0.5, 0.6) is 0 Å². The molecule has 0 atom stereocenters. The van der Waals surface area contributed by atoms with Crippen molar-refractivity contribution < 1.29 is 9.59 Å². The second-order valence-corrected chi connectivity index (χ2v) is 9.15.